The Morgan fingerprint density at radius 3 is 2.39 bits per heavy atom. The first kappa shape index (κ1) is 23.9. The fourth-order valence-corrected chi connectivity index (χ4v) is 3.25. The molecule has 10 nitrogen and oxygen atoms in total. The number of anilines is 2. The Labute approximate surface area is 192 Å². The van der Waals surface area contributed by atoms with Crippen LogP contribution in [0.25, 0.3) is 0 Å². The van der Waals surface area contributed by atoms with E-state index < -0.39 is 6.03 Å². The van der Waals surface area contributed by atoms with Crippen molar-refractivity contribution in [2.24, 2.45) is 0 Å². The molecule has 1 atom stereocenters. The van der Waals surface area contributed by atoms with E-state index >= 15 is 0 Å². The molecule has 0 aromatic heterocycles. The molecule has 0 saturated carbocycles. The van der Waals surface area contributed by atoms with Crippen LogP contribution in [-0.2, 0) is 9.53 Å². The number of hydrogen-bond donors (Lipinski definition) is 4. The molecular formula is C23H28N4O6. The molecule has 0 radical (unpaired) electrons. The summed E-state index contributed by atoms with van der Waals surface area (Å²) in [6, 6.07) is 11.0. The lowest BCUT2D eigenvalue weighted by molar-refractivity contribution is -0.129. The van der Waals surface area contributed by atoms with E-state index in [1.165, 1.54) is 7.11 Å². The lowest BCUT2D eigenvalue weighted by Crippen LogP contribution is -2.39. The Morgan fingerprint density at radius 2 is 1.73 bits per heavy atom. The van der Waals surface area contributed by atoms with E-state index in [0.29, 0.717) is 48.1 Å². The van der Waals surface area contributed by atoms with Crippen LogP contribution in [0.1, 0.15) is 23.2 Å². The maximum Gasteiger partial charge on any atom is 0.323 e. The fourth-order valence-electron chi connectivity index (χ4n) is 3.25. The van der Waals surface area contributed by atoms with Gasteiger partial charge in [-0.2, -0.15) is 0 Å². The summed E-state index contributed by atoms with van der Waals surface area (Å²) < 4.78 is 15.7. The van der Waals surface area contributed by atoms with Crippen LogP contribution in [0.4, 0.5) is 16.2 Å². The van der Waals surface area contributed by atoms with E-state index in [1.807, 2.05) is 0 Å². The molecule has 4 amide bonds. The van der Waals surface area contributed by atoms with Crippen molar-refractivity contribution in [2.45, 2.75) is 18.9 Å². The van der Waals surface area contributed by atoms with Gasteiger partial charge in [0.15, 0.2) is 0 Å². The van der Waals surface area contributed by atoms with Gasteiger partial charge in [0.2, 0.25) is 5.91 Å². The Balaban J connectivity index is 1.44. The molecule has 2 aromatic rings. The molecule has 1 heterocycles. The molecule has 4 N–H and O–H groups in total. The van der Waals surface area contributed by atoms with Crippen molar-refractivity contribution >= 4 is 29.2 Å². The lowest BCUT2D eigenvalue weighted by atomic mass is 10.2. The van der Waals surface area contributed by atoms with Crippen molar-refractivity contribution in [1.82, 2.24) is 10.6 Å². The van der Waals surface area contributed by atoms with Crippen LogP contribution >= 0.6 is 0 Å². The first-order chi connectivity index (χ1) is 16.0. The molecule has 1 saturated heterocycles. The van der Waals surface area contributed by atoms with Gasteiger partial charge in [-0.1, -0.05) is 0 Å². The summed E-state index contributed by atoms with van der Waals surface area (Å²) in [6.45, 7) is 1.22. The van der Waals surface area contributed by atoms with E-state index in [9.17, 15) is 14.4 Å². The smallest absolute Gasteiger partial charge is 0.323 e. The number of hydrogen-bond acceptors (Lipinski definition) is 6. The Kier molecular flexibility index (Phi) is 8.48. The largest absolute Gasteiger partial charge is 0.497 e. The third-order valence-electron chi connectivity index (χ3n) is 4.99. The van der Waals surface area contributed by atoms with Gasteiger partial charge in [0, 0.05) is 37.0 Å². The standard InChI is InChI=1S/C23H28N4O6/c1-31-17-9-10-18(20(14-17)32-2)27-23(30)26-16-7-5-15(6-8-16)21(28)24-11-12-25-22(29)19-4-3-13-33-19/h5-10,14,19H,3-4,11-13H2,1-2H3,(H,24,28)(H,25,29)(H2,26,27,30). The Hall–Kier alpha value is -3.79. The number of benzene rings is 2. The van der Waals surface area contributed by atoms with Crippen LogP contribution in [0.15, 0.2) is 42.5 Å². The van der Waals surface area contributed by atoms with E-state index in [2.05, 4.69) is 21.3 Å². The van der Waals surface area contributed by atoms with Gasteiger partial charge >= 0.3 is 6.03 Å². The SMILES string of the molecule is COc1ccc(NC(=O)Nc2ccc(C(=O)NCCNC(=O)C3CCCO3)cc2)c(OC)c1. The second-order valence-electron chi connectivity index (χ2n) is 7.27. The maximum atomic E-state index is 12.3. The van der Waals surface area contributed by atoms with Crippen LogP contribution in [0.5, 0.6) is 11.5 Å². The topological polar surface area (TPSA) is 127 Å². The number of ether oxygens (including phenoxy) is 3. The number of rotatable bonds is 9. The molecule has 2 aromatic carbocycles. The van der Waals surface area contributed by atoms with Crippen molar-refractivity contribution < 1.29 is 28.6 Å². The zero-order chi connectivity index (χ0) is 23.6. The molecular weight excluding hydrogens is 428 g/mol. The fraction of sp³-hybridized carbons (Fsp3) is 0.348. The van der Waals surface area contributed by atoms with Gasteiger partial charge in [0.1, 0.15) is 17.6 Å². The van der Waals surface area contributed by atoms with Gasteiger partial charge in [0.05, 0.1) is 19.9 Å². The molecule has 0 spiro atoms. The first-order valence-corrected chi connectivity index (χ1v) is 10.6. The number of nitrogens with one attached hydrogen (secondary N) is 4. The molecule has 10 heteroatoms. The summed E-state index contributed by atoms with van der Waals surface area (Å²) in [4.78, 5) is 36.5. The van der Waals surface area contributed by atoms with Crippen LogP contribution in [0.2, 0.25) is 0 Å². The molecule has 33 heavy (non-hydrogen) atoms. The van der Waals surface area contributed by atoms with Crippen LogP contribution in [0, 0.1) is 0 Å². The predicted octanol–water partition coefficient (Wildman–Crippen LogP) is 2.37. The highest BCUT2D eigenvalue weighted by Crippen LogP contribution is 2.29. The third kappa shape index (κ3) is 6.84. The summed E-state index contributed by atoms with van der Waals surface area (Å²) >= 11 is 0. The molecule has 0 aliphatic carbocycles. The lowest BCUT2D eigenvalue weighted by Gasteiger charge is -2.13. The summed E-state index contributed by atoms with van der Waals surface area (Å²) in [6.07, 6.45) is 1.23. The van der Waals surface area contributed by atoms with Crippen molar-refractivity contribution in [3.8, 4) is 11.5 Å². The normalized spacial score (nSPS) is 14.8. The Bertz CT molecular complexity index is 973. The second kappa shape index (κ2) is 11.7. The van der Waals surface area contributed by atoms with E-state index in [1.54, 1.807) is 49.6 Å². The summed E-state index contributed by atoms with van der Waals surface area (Å²) in [7, 11) is 3.04. The molecule has 3 rings (SSSR count). The van der Waals surface area contributed by atoms with E-state index in [4.69, 9.17) is 14.2 Å². The number of methoxy groups -OCH3 is 2. The van der Waals surface area contributed by atoms with Gasteiger partial charge in [-0.3, -0.25) is 9.59 Å². The van der Waals surface area contributed by atoms with Crippen molar-refractivity contribution in [3.63, 3.8) is 0 Å². The molecule has 1 unspecified atom stereocenters. The van der Waals surface area contributed by atoms with Crippen LogP contribution in [0.3, 0.4) is 0 Å². The molecule has 0 bridgehead atoms. The number of urea groups is 1. The minimum atomic E-state index is -0.461. The summed E-state index contributed by atoms with van der Waals surface area (Å²) in [5.41, 5.74) is 1.43. The monoisotopic (exact) mass is 456 g/mol. The minimum Gasteiger partial charge on any atom is -0.497 e. The van der Waals surface area contributed by atoms with Crippen molar-refractivity contribution in [2.75, 3.05) is 44.5 Å². The first-order valence-electron chi connectivity index (χ1n) is 10.6. The third-order valence-corrected chi connectivity index (χ3v) is 4.99. The highest BCUT2D eigenvalue weighted by atomic mass is 16.5. The highest BCUT2D eigenvalue weighted by Gasteiger charge is 2.22. The molecule has 1 aliphatic rings. The molecule has 176 valence electrons. The average Bonchev–Trinajstić information content (AvgIpc) is 3.37. The minimum absolute atomic E-state index is 0.150. The van der Waals surface area contributed by atoms with Gasteiger partial charge in [0.25, 0.3) is 5.91 Å². The number of carbonyl (C=O) groups is 3. The number of carbonyl (C=O) groups excluding carboxylic acids is 3. The van der Waals surface area contributed by atoms with E-state index in [-0.39, 0.29) is 17.9 Å². The van der Waals surface area contributed by atoms with Crippen molar-refractivity contribution in [1.29, 1.82) is 0 Å². The summed E-state index contributed by atoms with van der Waals surface area (Å²) in [5.74, 6) is 0.642. The van der Waals surface area contributed by atoms with Gasteiger partial charge in [-0.05, 0) is 49.2 Å². The van der Waals surface area contributed by atoms with Crippen LogP contribution < -0.4 is 30.7 Å². The summed E-state index contributed by atoms with van der Waals surface area (Å²) in [5, 5.41) is 10.9. The predicted molar refractivity (Wildman–Crippen MR) is 123 cm³/mol. The average molecular weight is 456 g/mol. The quantitative estimate of drug-likeness (QED) is 0.429. The van der Waals surface area contributed by atoms with Crippen LogP contribution in [-0.4, -0.2) is 57.9 Å². The Morgan fingerprint density at radius 1 is 0.970 bits per heavy atom. The van der Waals surface area contributed by atoms with Crippen molar-refractivity contribution in [3.05, 3.63) is 48.0 Å². The van der Waals surface area contributed by atoms with Gasteiger partial charge in [-0.15, -0.1) is 0 Å². The maximum absolute atomic E-state index is 12.3. The van der Waals surface area contributed by atoms with E-state index in [0.717, 1.165) is 12.8 Å². The molecule has 1 aliphatic heterocycles. The van der Waals surface area contributed by atoms with Gasteiger partial charge < -0.3 is 35.5 Å². The molecule has 1 fully saturated rings. The highest BCUT2D eigenvalue weighted by molar-refractivity contribution is 6.01. The zero-order valence-electron chi connectivity index (χ0n) is 18.6. The number of amides is 4. The second-order valence-corrected chi connectivity index (χ2v) is 7.27. The zero-order valence-corrected chi connectivity index (χ0v) is 18.6. The van der Waals surface area contributed by atoms with Gasteiger partial charge in [-0.25, -0.2) is 4.79 Å².